The number of anilines is 1. The van der Waals surface area contributed by atoms with Crippen LogP contribution < -0.4 is 10.6 Å². The normalized spacial score (nSPS) is 10.0. The summed E-state index contributed by atoms with van der Waals surface area (Å²) in [5.41, 5.74) is 3.57. The van der Waals surface area contributed by atoms with E-state index < -0.39 is 0 Å². The molecule has 108 valence electrons. The van der Waals surface area contributed by atoms with E-state index in [1.165, 1.54) is 0 Å². The maximum Gasteiger partial charge on any atom is 0.255 e. The molecule has 4 heteroatoms. The van der Waals surface area contributed by atoms with E-state index in [1.807, 2.05) is 32.0 Å². The number of hydrogen-bond acceptors (Lipinski definition) is 2. The third kappa shape index (κ3) is 3.28. The smallest absolute Gasteiger partial charge is 0.255 e. The lowest BCUT2D eigenvalue weighted by atomic mass is 10.1. The number of aryl methyl sites for hydroxylation is 1. The monoisotopic (exact) mass is 282 g/mol. The Morgan fingerprint density at radius 2 is 1.67 bits per heavy atom. The minimum atomic E-state index is -0.184. The Labute approximate surface area is 124 Å². The van der Waals surface area contributed by atoms with Crippen LogP contribution in [0.15, 0.2) is 42.5 Å². The summed E-state index contributed by atoms with van der Waals surface area (Å²) >= 11 is 0. The highest BCUT2D eigenvalue weighted by Crippen LogP contribution is 2.20. The van der Waals surface area contributed by atoms with Gasteiger partial charge >= 0.3 is 0 Å². The van der Waals surface area contributed by atoms with Crippen molar-refractivity contribution in [2.24, 2.45) is 0 Å². The minimum absolute atomic E-state index is 0.167. The summed E-state index contributed by atoms with van der Waals surface area (Å²) in [6.07, 6.45) is 0. The molecule has 0 aromatic heterocycles. The lowest BCUT2D eigenvalue weighted by Gasteiger charge is -2.12. The quantitative estimate of drug-likeness (QED) is 0.909. The summed E-state index contributed by atoms with van der Waals surface area (Å²) in [6, 6.07) is 12.6. The standard InChI is InChI=1S/C17H18N2O2/c1-11-6-4-7-13(10-11)16(20)19-15-9-5-8-14(12(15)2)17(21)18-3/h4-10H,1-3H3,(H,18,21)(H,19,20). The van der Waals surface area contributed by atoms with Crippen molar-refractivity contribution < 1.29 is 9.59 Å². The Morgan fingerprint density at radius 3 is 2.33 bits per heavy atom. The highest BCUT2D eigenvalue weighted by molar-refractivity contribution is 6.06. The molecule has 0 heterocycles. The zero-order chi connectivity index (χ0) is 15.4. The van der Waals surface area contributed by atoms with Crippen molar-refractivity contribution in [2.45, 2.75) is 13.8 Å². The average molecular weight is 282 g/mol. The second-order valence-corrected chi connectivity index (χ2v) is 4.88. The lowest BCUT2D eigenvalue weighted by Crippen LogP contribution is -2.20. The van der Waals surface area contributed by atoms with Gasteiger partial charge in [-0.1, -0.05) is 23.8 Å². The average Bonchev–Trinajstić information content (AvgIpc) is 2.48. The first-order chi connectivity index (χ1) is 10.0. The molecule has 0 unspecified atom stereocenters. The van der Waals surface area contributed by atoms with Gasteiger partial charge in [-0.05, 0) is 43.7 Å². The van der Waals surface area contributed by atoms with Crippen LogP contribution in [0.4, 0.5) is 5.69 Å². The molecular formula is C17H18N2O2. The van der Waals surface area contributed by atoms with Crippen LogP contribution >= 0.6 is 0 Å². The third-order valence-electron chi connectivity index (χ3n) is 3.33. The third-order valence-corrected chi connectivity index (χ3v) is 3.33. The van der Waals surface area contributed by atoms with E-state index in [1.54, 1.807) is 31.3 Å². The van der Waals surface area contributed by atoms with Gasteiger partial charge in [-0.3, -0.25) is 9.59 Å². The van der Waals surface area contributed by atoms with Crippen molar-refractivity contribution in [3.63, 3.8) is 0 Å². The Kier molecular flexibility index (Phi) is 4.38. The second-order valence-electron chi connectivity index (χ2n) is 4.88. The summed E-state index contributed by atoms with van der Waals surface area (Å²) < 4.78 is 0. The van der Waals surface area contributed by atoms with Crippen molar-refractivity contribution in [2.75, 3.05) is 12.4 Å². The fourth-order valence-corrected chi connectivity index (χ4v) is 2.13. The molecule has 0 fully saturated rings. The molecule has 2 rings (SSSR count). The van der Waals surface area contributed by atoms with Crippen LogP contribution in [0.25, 0.3) is 0 Å². The molecule has 2 amide bonds. The number of carbonyl (C=O) groups is 2. The molecule has 4 nitrogen and oxygen atoms in total. The van der Waals surface area contributed by atoms with Gasteiger partial charge in [-0.15, -0.1) is 0 Å². The molecule has 0 radical (unpaired) electrons. The van der Waals surface area contributed by atoms with Crippen molar-refractivity contribution in [1.29, 1.82) is 0 Å². The van der Waals surface area contributed by atoms with Crippen LogP contribution in [-0.4, -0.2) is 18.9 Å². The SMILES string of the molecule is CNC(=O)c1cccc(NC(=O)c2cccc(C)c2)c1C. The summed E-state index contributed by atoms with van der Waals surface area (Å²) in [6.45, 7) is 3.75. The van der Waals surface area contributed by atoms with Crippen LogP contribution in [0.2, 0.25) is 0 Å². The van der Waals surface area contributed by atoms with Crippen LogP contribution in [0.3, 0.4) is 0 Å². The summed E-state index contributed by atoms with van der Waals surface area (Å²) in [5, 5.41) is 5.44. The Balaban J connectivity index is 2.28. The Morgan fingerprint density at radius 1 is 0.952 bits per heavy atom. The first-order valence-electron chi connectivity index (χ1n) is 6.72. The molecule has 0 aliphatic heterocycles. The van der Waals surface area contributed by atoms with E-state index in [9.17, 15) is 9.59 Å². The molecule has 0 saturated heterocycles. The molecular weight excluding hydrogens is 264 g/mol. The van der Waals surface area contributed by atoms with Crippen molar-refractivity contribution in [3.05, 3.63) is 64.7 Å². The molecule has 0 spiro atoms. The second kappa shape index (κ2) is 6.22. The van der Waals surface area contributed by atoms with Crippen molar-refractivity contribution in [3.8, 4) is 0 Å². The first kappa shape index (κ1) is 14.8. The van der Waals surface area contributed by atoms with Crippen LogP contribution in [0.1, 0.15) is 31.8 Å². The van der Waals surface area contributed by atoms with Gasteiger partial charge in [0.1, 0.15) is 0 Å². The van der Waals surface area contributed by atoms with Gasteiger partial charge in [0.2, 0.25) is 0 Å². The fourth-order valence-electron chi connectivity index (χ4n) is 2.13. The number of rotatable bonds is 3. The largest absolute Gasteiger partial charge is 0.355 e. The van der Waals surface area contributed by atoms with E-state index >= 15 is 0 Å². The molecule has 2 aromatic rings. The number of benzene rings is 2. The predicted molar refractivity (Wildman–Crippen MR) is 83.7 cm³/mol. The Bertz CT molecular complexity index is 693. The van der Waals surface area contributed by atoms with Gasteiger partial charge in [0.05, 0.1) is 0 Å². The maximum atomic E-state index is 12.3. The van der Waals surface area contributed by atoms with E-state index in [2.05, 4.69) is 10.6 Å². The zero-order valence-electron chi connectivity index (χ0n) is 12.4. The molecule has 2 aromatic carbocycles. The predicted octanol–water partition coefficient (Wildman–Crippen LogP) is 2.92. The number of amides is 2. The molecule has 0 atom stereocenters. The van der Waals surface area contributed by atoms with Gasteiger partial charge in [-0.25, -0.2) is 0 Å². The van der Waals surface area contributed by atoms with Crippen molar-refractivity contribution >= 4 is 17.5 Å². The van der Waals surface area contributed by atoms with Gasteiger partial charge in [0.15, 0.2) is 0 Å². The number of carbonyl (C=O) groups excluding carboxylic acids is 2. The zero-order valence-corrected chi connectivity index (χ0v) is 12.4. The molecule has 21 heavy (non-hydrogen) atoms. The van der Waals surface area contributed by atoms with E-state index in [-0.39, 0.29) is 11.8 Å². The summed E-state index contributed by atoms with van der Waals surface area (Å²) in [7, 11) is 1.58. The van der Waals surface area contributed by atoms with E-state index in [4.69, 9.17) is 0 Å². The molecule has 0 aliphatic rings. The topological polar surface area (TPSA) is 58.2 Å². The highest BCUT2D eigenvalue weighted by atomic mass is 16.2. The minimum Gasteiger partial charge on any atom is -0.355 e. The maximum absolute atomic E-state index is 12.3. The van der Waals surface area contributed by atoms with Crippen LogP contribution in [0, 0.1) is 13.8 Å². The molecule has 2 N–H and O–H groups in total. The number of hydrogen-bond donors (Lipinski definition) is 2. The summed E-state index contributed by atoms with van der Waals surface area (Å²) in [4.78, 5) is 24.0. The van der Waals surface area contributed by atoms with Gasteiger partial charge < -0.3 is 10.6 Å². The lowest BCUT2D eigenvalue weighted by molar-refractivity contribution is 0.0960. The van der Waals surface area contributed by atoms with E-state index in [0.29, 0.717) is 16.8 Å². The van der Waals surface area contributed by atoms with Crippen molar-refractivity contribution in [1.82, 2.24) is 5.32 Å². The molecule has 0 saturated carbocycles. The molecule has 0 bridgehead atoms. The first-order valence-corrected chi connectivity index (χ1v) is 6.72. The Hall–Kier alpha value is -2.62. The number of nitrogens with one attached hydrogen (secondary N) is 2. The highest BCUT2D eigenvalue weighted by Gasteiger charge is 2.12. The molecule has 0 aliphatic carbocycles. The summed E-state index contributed by atoms with van der Waals surface area (Å²) in [5.74, 6) is -0.352. The van der Waals surface area contributed by atoms with Gasteiger partial charge in [-0.2, -0.15) is 0 Å². The fraction of sp³-hybridized carbons (Fsp3) is 0.176. The van der Waals surface area contributed by atoms with Crippen LogP contribution in [0.5, 0.6) is 0 Å². The van der Waals surface area contributed by atoms with Crippen LogP contribution in [-0.2, 0) is 0 Å². The van der Waals surface area contributed by atoms with Gasteiger partial charge in [0.25, 0.3) is 11.8 Å². The van der Waals surface area contributed by atoms with Gasteiger partial charge in [0, 0.05) is 23.9 Å². The van der Waals surface area contributed by atoms with E-state index in [0.717, 1.165) is 11.1 Å².